The average molecular weight is 326 g/mol. The van der Waals surface area contributed by atoms with E-state index in [1.54, 1.807) is 19.2 Å². The summed E-state index contributed by atoms with van der Waals surface area (Å²) in [6, 6.07) is 5.47. The normalized spacial score (nSPS) is 21.2. The molecule has 1 aliphatic carbocycles. The zero-order valence-electron chi connectivity index (χ0n) is 15.6. The molecule has 0 aromatic heterocycles. The summed E-state index contributed by atoms with van der Waals surface area (Å²) >= 11 is 0. The molecule has 0 radical (unpaired) electrons. The van der Waals surface area contributed by atoms with Gasteiger partial charge in [-0.2, -0.15) is 0 Å². The van der Waals surface area contributed by atoms with E-state index in [4.69, 9.17) is 4.74 Å². The van der Waals surface area contributed by atoms with Crippen molar-refractivity contribution in [2.24, 2.45) is 5.41 Å². The van der Waals surface area contributed by atoms with E-state index < -0.39 is 0 Å². The number of methoxy groups -OCH3 is 1. The zero-order valence-corrected chi connectivity index (χ0v) is 15.6. The van der Waals surface area contributed by atoms with Gasteiger partial charge in [0.05, 0.1) is 7.11 Å². The number of ether oxygens (including phenoxy) is 1. The summed E-state index contributed by atoms with van der Waals surface area (Å²) < 4.78 is 5.32. The van der Waals surface area contributed by atoms with Crippen LogP contribution in [-0.2, 0) is 6.42 Å². The van der Waals surface area contributed by atoms with Gasteiger partial charge in [-0.05, 0) is 64.7 Å². The Balaban J connectivity index is 2.37. The van der Waals surface area contributed by atoms with Crippen molar-refractivity contribution in [3.8, 4) is 11.5 Å². The highest BCUT2D eigenvalue weighted by molar-refractivity contribution is 5.44. The van der Waals surface area contributed by atoms with Crippen molar-refractivity contribution >= 4 is 0 Å². The van der Waals surface area contributed by atoms with Crippen LogP contribution in [0.5, 0.6) is 11.5 Å². The van der Waals surface area contributed by atoms with Gasteiger partial charge < -0.3 is 9.84 Å². The molecule has 0 unspecified atom stereocenters. The maximum atomic E-state index is 10.3. The molecule has 0 saturated carbocycles. The van der Waals surface area contributed by atoms with Crippen LogP contribution in [0.15, 0.2) is 53.1 Å². The maximum Gasteiger partial charge on any atom is 0.119 e. The molecule has 24 heavy (non-hydrogen) atoms. The Morgan fingerprint density at radius 1 is 1.33 bits per heavy atom. The van der Waals surface area contributed by atoms with Crippen molar-refractivity contribution in [3.05, 3.63) is 58.7 Å². The van der Waals surface area contributed by atoms with E-state index in [0.29, 0.717) is 5.75 Å². The monoisotopic (exact) mass is 326 g/mol. The highest BCUT2D eigenvalue weighted by Crippen LogP contribution is 2.44. The fraction of sp³-hybridized carbons (Fsp3) is 0.455. The van der Waals surface area contributed by atoms with Crippen LogP contribution in [-0.4, -0.2) is 12.2 Å². The first kappa shape index (κ1) is 18.4. The van der Waals surface area contributed by atoms with E-state index in [1.165, 1.54) is 23.1 Å². The van der Waals surface area contributed by atoms with Gasteiger partial charge in [0.25, 0.3) is 0 Å². The van der Waals surface area contributed by atoms with Crippen molar-refractivity contribution < 1.29 is 9.84 Å². The summed E-state index contributed by atoms with van der Waals surface area (Å²) in [6.45, 7) is 8.78. The molecule has 1 aliphatic rings. The first-order chi connectivity index (χ1) is 11.4. The van der Waals surface area contributed by atoms with Crippen LogP contribution in [0.2, 0.25) is 0 Å². The first-order valence-electron chi connectivity index (χ1n) is 8.73. The topological polar surface area (TPSA) is 29.5 Å². The molecule has 1 N–H and O–H groups in total. The maximum absolute atomic E-state index is 10.3. The van der Waals surface area contributed by atoms with Gasteiger partial charge in [0.2, 0.25) is 0 Å². The van der Waals surface area contributed by atoms with Crippen LogP contribution in [0, 0.1) is 5.41 Å². The molecule has 1 atom stereocenters. The smallest absolute Gasteiger partial charge is 0.119 e. The third-order valence-corrected chi connectivity index (χ3v) is 5.00. The lowest BCUT2D eigenvalue weighted by Gasteiger charge is -2.36. The lowest BCUT2D eigenvalue weighted by atomic mass is 9.69. The molecular formula is C22H30O2. The SMILES string of the molecule is COc1ccc(O)c(CC2=C(C)CCC[C@]2(C)C=CC=C(C)C)c1. The molecule has 0 spiro atoms. The van der Waals surface area contributed by atoms with Crippen LogP contribution >= 0.6 is 0 Å². The fourth-order valence-electron chi connectivity index (χ4n) is 3.52. The standard InChI is InChI=1S/C22H30O2/c1-16(2)8-6-12-22(4)13-7-9-17(3)20(22)15-18-14-19(24-5)10-11-21(18)23/h6,8,10-12,14,23H,7,9,13,15H2,1-5H3/t22-/m0/s1. The minimum atomic E-state index is 0.0454. The Hall–Kier alpha value is -1.96. The van der Waals surface area contributed by atoms with E-state index in [-0.39, 0.29) is 5.41 Å². The lowest BCUT2D eigenvalue weighted by molar-refractivity contribution is 0.401. The predicted molar refractivity (Wildman–Crippen MR) is 102 cm³/mol. The molecule has 0 bridgehead atoms. The number of aromatic hydroxyl groups is 1. The van der Waals surface area contributed by atoms with Gasteiger partial charge in [-0.15, -0.1) is 0 Å². The number of allylic oxidation sites excluding steroid dienone is 6. The number of hydrogen-bond acceptors (Lipinski definition) is 2. The number of phenols is 1. The Kier molecular flexibility index (Phi) is 5.93. The van der Waals surface area contributed by atoms with Crippen molar-refractivity contribution in [2.45, 2.75) is 53.4 Å². The molecule has 0 fully saturated rings. The van der Waals surface area contributed by atoms with E-state index in [0.717, 1.165) is 30.6 Å². The fourth-order valence-corrected chi connectivity index (χ4v) is 3.52. The van der Waals surface area contributed by atoms with Crippen molar-refractivity contribution in [1.29, 1.82) is 0 Å². The second kappa shape index (κ2) is 7.74. The number of rotatable bonds is 5. The van der Waals surface area contributed by atoms with Crippen LogP contribution < -0.4 is 4.74 Å². The molecule has 0 saturated heterocycles. The summed E-state index contributed by atoms with van der Waals surface area (Å²) in [4.78, 5) is 0. The van der Waals surface area contributed by atoms with E-state index in [1.807, 2.05) is 6.07 Å². The van der Waals surface area contributed by atoms with Gasteiger partial charge >= 0.3 is 0 Å². The first-order valence-corrected chi connectivity index (χ1v) is 8.73. The van der Waals surface area contributed by atoms with Crippen LogP contribution in [0.25, 0.3) is 0 Å². The number of phenolic OH excluding ortho intramolecular Hbond substituents is 1. The van der Waals surface area contributed by atoms with Crippen LogP contribution in [0.1, 0.15) is 52.5 Å². The van der Waals surface area contributed by atoms with Gasteiger partial charge in [0.15, 0.2) is 0 Å². The quantitative estimate of drug-likeness (QED) is 0.533. The van der Waals surface area contributed by atoms with E-state index in [9.17, 15) is 5.11 Å². The predicted octanol–water partition coefficient (Wildman–Crippen LogP) is 5.97. The molecule has 2 nitrogen and oxygen atoms in total. The molecule has 2 rings (SSSR count). The Morgan fingerprint density at radius 2 is 2.08 bits per heavy atom. The summed E-state index contributed by atoms with van der Waals surface area (Å²) in [5, 5.41) is 10.3. The second-order valence-corrected chi connectivity index (χ2v) is 7.30. The Labute approximate surface area is 146 Å². The molecule has 1 aromatic carbocycles. The summed E-state index contributed by atoms with van der Waals surface area (Å²) in [7, 11) is 1.66. The van der Waals surface area contributed by atoms with Gasteiger partial charge in [-0.25, -0.2) is 0 Å². The van der Waals surface area contributed by atoms with Gasteiger partial charge in [0, 0.05) is 11.0 Å². The van der Waals surface area contributed by atoms with Crippen LogP contribution in [0.3, 0.4) is 0 Å². The Bertz CT molecular complexity index is 675. The summed E-state index contributed by atoms with van der Waals surface area (Å²) in [5.74, 6) is 1.14. The number of hydrogen-bond donors (Lipinski definition) is 1. The van der Waals surface area contributed by atoms with Crippen LogP contribution in [0.4, 0.5) is 0 Å². The van der Waals surface area contributed by atoms with Gasteiger partial charge in [0.1, 0.15) is 11.5 Å². The molecule has 0 aliphatic heterocycles. The highest BCUT2D eigenvalue weighted by atomic mass is 16.5. The molecule has 0 heterocycles. The lowest BCUT2D eigenvalue weighted by Crippen LogP contribution is -2.23. The second-order valence-electron chi connectivity index (χ2n) is 7.30. The van der Waals surface area contributed by atoms with Crippen molar-refractivity contribution in [2.75, 3.05) is 7.11 Å². The third-order valence-electron chi connectivity index (χ3n) is 5.00. The van der Waals surface area contributed by atoms with Gasteiger partial charge in [-0.1, -0.05) is 41.9 Å². The van der Waals surface area contributed by atoms with Crippen molar-refractivity contribution in [3.63, 3.8) is 0 Å². The average Bonchev–Trinajstić information content (AvgIpc) is 2.52. The molecule has 0 amide bonds. The molecular weight excluding hydrogens is 296 g/mol. The minimum Gasteiger partial charge on any atom is -0.508 e. The highest BCUT2D eigenvalue weighted by Gasteiger charge is 2.31. The summed E-state index contributed by atoms with van der Waals surface area (Å²) in [5.41, 5.74) is 5.17. The molecule has 130 valence electrons. The zero-order chi connectivity index (χ0) is 17.7. The van der Waals surface area contributed by atoms with E-state index in [2.05, 4.69) is 45.9 Å². The van der Waals surface area contributed by atoms with Gasteiger partial charge in [-0.3, -0.25) is 0 Å². The van der Waals surface area contributed by atoms with E-state index >= 15 is 0 Å². The summed E-state index contributed by atoms with van der Waals surface area (Å²) in [6.07, 6.45) is 11.0. The third kappa shape index (κ3) is 4.31. The Morgan fingerprint density at radius 3 is 2.75 bits per heavy atom. The largest absolute Gasteiger partial charge is 0.508 e. The van der Waals surface area contributed by atoms with Crippen molar-refractivity contribution in [1.82, 2.24) is 0 Å². The molecule has 1 aromatic rings. The number of benzene rings is 1. The molecule has 2 heteroatoms. The minimum absolute atomic E-state index is 0.0454.